The topological polar surface area (TPSA) is 77.6 Å². The Kier molecular flexibility index (Phi) is 5.23. The van der Waals surface area contributed by atoms with E-state index in [1.165, 1.54) is 12.1 Å². The second-order valence-electron chi connectivity index (χ2n) is 6.50. The van der Waals surface area contributed by atoms with Crippen molar-refractivity contribution in [1.29, 1.82) is 0 Å². The molecule has 1 atom stereocenters. The summed E-state index contributed by atoms with van der Waals surface area (Å²) in [7, 11) is 3.51. The van der Waals surface area contributed by atoms with Gasteiger partial charge in [-0.25, -0.2) is 4.79 Å². The number of likely N-dealkylation sites (N-methyl/N-ethyl adjacent to an activating group) is 1. The Morgan fingerprint density at radius 1 is 1.41 bits per heavy atom. The molecule has 2 aromatic heterocycles. The molecule has 0 aliphatic carbocycles. The van der Waals surface area contributed by atoms with Crippen molar-refractivity contribution in [2.75, 3.05) is 7.05 Å². The van der Waals surface area contributed by atoms with Gasteiger partial charge < -0.3 is 14.1 Å². The number of aryl methyl sites for hydroxylation is 2. The third kappa shape index (κ3) is 4.14. The summed E-state index contributed by atoms with van der Waals surface area (Å²) < 4.78 is 12.6. The standard InChI is InChI=1S/C19H20ClN3O4/c1-11-5-18(24)27-16-7-17(15(20)6-14(11)16)26-12(2)19(25)22(3)9-13-8-21-23(4)10-13/h5-8,10,12H,9H2,1-4H3. The minimum Gasteiger partial charge on any atom is -0.479 e. The molecule has 0 bridgehead atoms. The number of nitrogens with zero attached hydrogens (tertiary/aromatic N) is 3. The molecule has 0 aliphatic heterocycles. The van der Waals surface area contributed by atoms with Gasteiger partial charge in [0, 0.05) is 49.9 Å². The molecular formula is C19H20ClN3O4. The fourth-order valence-electron chi connectivity index (χ4n) is 2.87. The minimum atomic E-state index is -0.766. The van der Waals surface area contributed by atoms with E-state index in [2.05, 4.69) is 5.10 Å². The first-order valence-corrected chi connectivity index (χ1v) is 8.75. The van der Waals surface area contributed by atoms with Crippen LogP contribution in [0.25, 0.3) is 11.0 Å². The number of ether oxygens (including phenoxy) is 1. The Balaban J connectivity index is 1.78. The maximum atomic E-state index is 12.6. The highest BCUT2D eigenvalue weighted by Crippen LogP contribution is 2.31. The van der Waals surface area contributed by atoms with Crippen LogP contribution in [0, 0.1) is 6.92 Å². The number of rotatable bonds is 5. The van der Waals surface area contributed by atoms with Crippen LogP contribution in [-0.4, -0.2) is 33.7 Å². The lowest BCUT2D eigenvalue weighted by molar-refractivity contribution is -0.137. The Bertz CT molecular complexity index is 1060. The lowest BCUT2D eigenvalue weighted by Gasteiger charge is -2.22. The number of carbonyl (C=O) groups is 1. The fraction of sp³-hybridized carbons (Fsp3) is 0.316. The zero-order valence-corrected chi connectivity index (χ0v) is 16.3. The number of hydrogen-bond donors (Lipinski definition) is 0. The van der Waals surface area contributed by atoms with Crippen molar-refractivity contribution in [1.82, 2.24) is 14.7 Å². The SMILES string of the molecule is Cc1cc(=O)oc2cc(OC(C)C(=O)N(C)Cc3cnn(C)c3)c(Cl)cc12. The summed E-state index contributed by atoms with van der Waals surface area (Å²) in [6, 6.07) is 4.61. The van der Waals surface area contributed by atoms with Crippen LogP contribution in [0.5, 0.6) is 5.75 Å². The van der Waals surface area contributed by atoms with E-state index in [-0.39, 0.29) is 11.7 Å². The number of fused-ring (bicyclic) bond motifs is 1. The maximum absolute atomic E-state index is 12.6. The van der Waals surface area contributed by atoms with Crippen LogP contribution in [0.2, 0.25) is 5.02 Å². The summed E-state index contributed by atoms with van der Waals surface area (Å²) in [5, 5.41) is 5.15. The summed E-state index contributed by atoms with van der Waals surface area (Å²) in [4.78, 5) is 25.7. The summed E-state index contributed by atoms with van der Waals surface area (Å²) in [6.07, 6.45) is 2.79. The first-order valence-electron chi connectivity index (χ1n) is 8.37. The number of hydrogen-bond acceptors (Lipinski definition) is 5. The van der Waals surface area contributed by atoms with Gasteiger partial charge in [-0.2, -0.15) is 5.10 Å². The summed E-state index contributed by atoms with van der Waals surface area (Å²) in [5.74, 6) is 0.0780. The predicted molar refractivity (Wildman–Crippen MR) is 102 cm³/mol. The van der Waals surface area contributed by atoms with Crippen molar-refractivity contribution in [3.63, 3.8) is 0 Å². The van der Waals surface area contributed by atoms with Crippen LogP contribution < -0.4 is 10.4 Å². The zero-order valence-electron chi connectivity index (χ0n) is 15.5. The van der Waals surface area contributed by atoms with E-state index in [4.69, 9.17) is 20.8 Å². The van der Waals surface area contributed by atoms with Gasteiger partial charge in [0.2, 0.25) is 0 Å². The monoisotopic (exact) mass is 389 g/mol. The lowest BCUT2D eigenvalue weighted by Crippen LogP contribution is -2.37. The maximum Gasteiger partial charge on any atom is 0.336 e. The highest BCUT2D eigenvalue weighted by Gasteiger charge is 2.21. The van der Waals surface area contributed by atoms with Gasteiger partial charge in [-0.15, -0.1) is 0 Å². The molecule has 0 radical (unpaired) electrons. The smallest absolute Gasteiger partial charge is 0.336 e. The predicted octanol–water partition coefficient (Wildman–Crippen LogP) is 2.91. The Morgan fingerprint density at radius 2 is 2.15 bits per heavy atom. The fourth-order valence-corrected chi connectivity index (χ4v) is 3.07. The van der Waals surface area contributed by atoms with Crippen LogP contribution in [0.1, 0.15) is 18.1 Å². The van der Waals surface area contributed by atoms with Gasteiger partial charge in [-0.05, 0) is 25.5 Å². The first kappa shape index (κ1) is 19.0. The van der Waals surface area contributed by atoms with E-state index >= 15 is 0 Å². The molecule has 8 heteroatoms. The molecule has 1 amide bonds. The third-order valence-electron chi connectivity index (χ3n) is 4.21. The van der Waals surface area contributed by atoms with E-state index in [0.717, 1.165) is 16.5 Å². The van der Waals surface area contributed by atoms with Gasteiger partial charge in [-0.1, -0.05) is 11.6 Å². The van der Waals surface area contributed by atoms with E-state index in [1.807, 2.05) is 13.2 Å². The van der Waals surface area contributed by atoms with E-state index < -0.39 is 11.7 Å². The molecule has 1 aromatic carbocycles. The average molecular weight is 390 g/mol. The van der Waals surface area contributed by atoms with Crippen molar-refractivity contribution in [3.8, 4) is 5.75 Å². The normalized spacial score (nSPS) is 12.2. The van der Waals surface area contributed by atoms with Crippen molar-refractivity contribution in [2.45, 2.75) is 26.5 Å². The van der Waals surface area contributed by atoms with Gasteiger partial charge in [0.15, 0.2) is 6.10 Å². The van der Waals surface area contributed by atoms with Gasteiger partial charge in [0.1, 0.15) is 11.3 Å². The molecular weight excluding hydrogens is 370 g/mol. The second-order valence-corrected chi connectivity index (χ2v) is 6.91. The summed E-state index contributed by atoms with van der Waals surface area (Å²) in [5.41, 5.74) is 1.59. The van der Waals surface area contributed by atoms with Gasteiger partial charge in [0.25, 0.3) is 5.91 Å². The zero-order chi connectivity index (χ0) is 19.7. The Morgan fingerprint density at radius 3 is 2.81 bits per heavy atom. The number of benzene rings is 1. The molecule has 142 valence electrons. The highest BCUT2D eigenvalue weighted by atomic mass is 35.5. The molecule has 3 aromatic rings. The van der Waals surface area contributed by atoms with E-state index in [1.54, 1.807) is 42.7 Å². The molecule has 1 unspecified atom stereocenters. The van der Waals surface area contributed by atoms with Crippen molar-refractivity contribution in [2.24, 2.45) is 7.05 Å². The molecule has 0 saturated carbocycles. The van der Waals surface area contributed by atoms with E-state index in [0.29, 0.717) is 17.2 Å². The van der Waals surface area contributed by atoms with Crippen LogP contribution in [-0.2, 0) is 18.4 Å². The van der Waals surface area contributed by atoms with Crippen LogP contribution in [0.15, 0.2) is 39.8 Å². The van der Waals surface area contributed by atoms with Crippen LogP contribution >= 0.6 is 11.6 Å². The molecule has 0 spiro atoms. The molecule has 0 N–H and O–H groups in total. The average Bonchev–Trinajstić information content (AvgIpc) is 3.00. The first-order chi connectivity index (χ1) is 12.7. The largest absolute Gasteiger partial charge is 0.479 e. The number of aromatic nitrogens is 2. The van der Waals surface area contributed by atoms with Gasteiger partial charge in [0.05, 0.1) is 11.2 Å². The van der Waals surface area contributed by atoms with Crippen molar-refractivity contribution >= 4 is 28.5 Å². The lowest BCUT2D eigenvalue weighted by atomic mass is 10.1. The minimum absolute atomic E-state index is 0.208. The summed E-state index contributed by atoms with van der Waals surface area (Å²) >= 11 is 6.30. The molecule has 27 heavy (non-hydrogen) atoms. The molecule has 0 saturated heterocycles. The molecule has 0 aliphatic rings. The van der Waals surface area contributed by atoms with Crippen molar-refractivity contribution < 1.29 is 13.9 Å². The second kappa shape index (κ2) is 7.44. The highest BCUT2D eigenvalue weighted by molar-refractivity contribution is 6.32. The molecule has 7 nitrogen and oxygen atoms in total. The number of halogens is 1. The van der Waals surface area contributed by atoms with Crippen LogP contribution in [0.3, 0.4) is 0 Å². The van der Waals surface area contributed by atoms with Gasteiger partial charge >= 0.3 is 5.63 Å². The molecule has 3 rings (SSSR count). The van der Waals surface area contributed by atoms with E-state index in [9.17, 15) is 9.59 Å². The number of amides is 1. The number of carbonyl (C=O) groups excluding carboxylic acids is 1. The van der Waals surface area contributed by atoms with Crippen molar-refractivity contribution in [3.05, 3.63) is 57.2 Å². The molecule has 2 heterocycles. The summed E-state index contributed by atoms with van der Waals surface area (Å²) in [6.45, 7) is 3.87. The third-order valence-corrected chi connectivity index (χ3v) is 4.51. The quantitative estimate of drug-likeness (QED) is 0.627. The van der Waals surface area contributed by atoms with Crippen LogP contribution in [0.4, 0.5) is 0 Å². The molecule has 0 fully saturated rings. The Labute approximate surface area is 161 Å². The van der Waals surface area contributed by atoms with Gasteiger partial charge in [-0.3, -0.25) is 9.48 Å². The Hall–Kier alpha value is -2.80.